The highest BCUT2D eigenvalue weighted by atomic mass is 35.5. The molecule has 1 atom stereocenters. The molecule has 2 rings (SSSR count). The molecule has 0 aliphatic carbocycles. The highest BCUT2D eigenvalue weighted by Crippen LogP contribution is 2.28. The Morgan fingerprint density at radius 2 is 2.05 bits per heavy atom. The molecule has 0 bridgehead atoms. The number of hydrogen-bond acceptors (Lipinski definition) is 3. The van der Waals surface area contributed by atoms with Gasteiger partial charge in [-0.05, 0) is 51.1 Å². The van der Waals surface area contributed by atoms with Crippen LogP contribution in [-0.4, -0.2) is 43.1 Å². The van der Waals surface area contributed by atoms with E-state index in [1.165, 1.54) is 0 Å². The summed E-state index contributed by atoms with van der Waals surface area (Å²) in [4.78, 5) is 14.2. The number of rotatable bonds is 4. The van der Waals surface area contributed by atoms with E-state index in [4.69, 9.17) is 27.9 Å². The van der Waals surface area contributed by atoms with E-state index in [0.717, 1.165) is 25.9 Å². The fraction of sp³-hybridized carbons (Fsp3) is 0.533. The monoisotopic (exact) mass is 330 g/mol. The SMILES string of the molecule is CC(Oc1ccc(Cl)cc1Cl)C(=O)N(C)C1CCNCC1. The standard InChI is InChI=1S/C15H20Cl2N2O2/c1-10(21-14-4-3-11(16)9-13(14)17)15(20)19(2)12-5-7-18-8-6-12/h3-4,9-10,12,18H,5-8H2,1-2H3. The van der Waals surface area contributed by atoms with Crippen LogP contribution in [0.1, 0.15) is 19.8 Å². The van der Waals surface area contributed by atoms with Crippen molar-refractivity contribution in [1.82, 2.24) is 10.2 Å². The Bertz CT molecular complexity index is 504. The molecule has 0 aromatic heterocycles. The van der Waals surface area contributed by atoms with E-state index in [9.17, 15) is 4.79 Å². The zero-order chi connectivity index (χ0) is 15.4. The maximum Gasteiger partial charge on any atom is 0.263 e. The first-order valence-electron chi connectivity index (χ1n) is 7.08. The van der Waals surface area contributed by atoms with Gasteiger partial charge in [0.05, 0.1) is 5.02 Å². The van der Waals surface area contributed by atoms with Crippen molar-refractivity contribution in [2.45, 2.75) is 31.9 Å². The van der Waals surface area contributed by atoms with Crippen molar-refractivity contribution in [2.75, 3.05) is 20.1 Å². The van der Waals surface area contributed by atoms with Gasteiger partial charge in [-0.3, -0.25) is 4.79 Å². The van der Waals surface area contributed by atoms with Crippen LogP contribution in [0, 0.1) is 0 Å². The van der Waals surface area contributed by atoms with Crippen LogP contribution in [-0.2, 0) is 4.79 Å². The number of benzene rings is 1. The van der Waals surface area contributed by atoms with Gasteiger partial charge >= 0.3 is 0 Å². The molecule has 1 aliphatic rings. The lowest BCUT2D eigenvalue weighted by atomic mass is 10.0. The van der Waals surface area contributed by atoms with Crippen LogP contribution in [0.3, 0.4) is 0 Å². The van der Waals surface area contributed by atoms with Crippen LogP contribution < -0.4 is 10.1 Å². The van der Waals surface area contributed by atoms with Crippen LogP contribution in [0.4, 0.5) is 0 Å². The molecule has 1 saturated heterocycles. The molecule has 1 unspecified atom stereocenters. The van der Waals surface area contributed by atoms with Gasteiger partial charge in [0, 0.05) is 18.1 Å². The minimum Gasteiger partial charge on any atom is -0.479 e. The van der Waals surface area contributed by atoms with Crippen molar-refractivity contribution in [2.24, 2.45) is 0 Å². The summed E-state index contributed by atoms with van der Waals surface area (Å²) in [6.07, 6.45) is 1.36. The molecule has 1 aliphatic heterocycles. The summed E-state index contributed by atoms with van der Waals surface area (Å²) in [5.41, 5.74) is 0. The molecule has 1 amide bonds. The van der Waals surface area contributed by atoms with E-state index in [1.807, 2.05) is 7.05 Å². The number of nitrogens with zero attached hydrogens (tertiary/aromatic N) is 1. The summed E-state index contributed by atoms with van der Waals surface area (Å²) in [6, 6.07) is 5.24. The van der Waals surface area contributed by atoms with Gasteiger partial charge in [-0.25, -0.2) is 0 Å². The molecular weight excluding hydrogens is 311 g/mol. The molecule has 1 fully saturated rings. The molecule has 1 heterocycles. The fourth-order valence-corrected chi connectivity index (χ4v) is 2.93. The number of likely N-dealkylation sites (N-methyl/N-ethyl adjacent to an activating group) is 1. The third-order valence-electron chi connectivity index (χ3n) is 3.75. The second-order valence-corrected chi connectivity index (χ2v) is 6.11. The first kappa shape index (κ1) is 16.4. The number of halogens is 2. The Hall–Kier alpha value is -0.970. The number of carbonyl (C=O) groups excluding carboxylic acids is 1. The van der Waals surface area contributed by atoms with E-state index >= 15 is 0 Å². The highest BCUT2D eigenvalue weighted by Gasteiger charge is 2.26. The van der Waals surface area contributed by atoms with Crippen LogP contribution >= 0.6 is 23.2 Å². The third kappa shape index (κ3) is 4.25. The van der Waals surface area contributed by atoms with E-state index < -0.39 is 6.10 Å². The first-order chi connectivity index (χ1) is 9.99. The van der Waals surface area contributed by atoms with Crippen LogP contribution in [0.2, 0.25) is 10.0 Å². The maximum absolute atomic E-state index is 12.4. The zero-order valence-electron chi connectivity index (χ0n) is 12.2. The average Bonchev–Trinajstić information content (AvgIpc) is 2.49. The topological polar surface area (TPSA) is 41.6 Å². The Balaban J connectivity index is 1.98. The molecular formula is C15H20Cl2N2O2. The second kappa shape index (κ2) is 7.34. The smallest absolute Gasteiger partial charge is 0.263 e. The molecule has 1 N–H and O–H groups in total. The minimum absolute atomic E-state index is 0.0343. The van der Waals surface area contributed by atoms with Gasteiger partial charge in [0.2, 0.25) is 0 Å². The largest absolute Gasteiger partial charge is 0.479 e. The molecule has 4 nitrogen and oxygen atoms in total. The van der Waals surface area contributed by atoms with Crippen molar-refractivity contribution in [3.8, 4) is 5.75 Å². The Kier molecular flexibility index (Phi) is 5.73. The van der Waals surface area contributed by atoms with Gasteiger partial charge in [0.1, 0.15) is 5.75 Å². The summed E-state index contributed by atoms with van der Waals surface area (Å²) < 4.78 is 5.68. The quantitative estimate of drug-likeness (QED) is 0.922. The van der Waals surface area contributed by atoms with E-state index in [2.05, 4.69) is 5.32 Å². The van der Waals surface area contributed by atoms with E-state index in [-0.39, 0.29) is 11.9 Å². The van der Waals surface area contributed by atoms with E-state index in [1.54, 1.807) is 30.0 Å². The van der Waals surface area contributed by atoms with Gasteiger partial charge in [-0.1, -0.05) is 23.2 Å². The van der Waals surface area contributed by atoms with Crippen molar-refractivity contribution in [3.05, 3.63) is 28.2 Å². The van der Waals surface area contributed by atoms with Gasteiger partial charge in [-0.2, -0.15) is 0 Å². The number of ether oxygens (including phenoxy) is 1. The first-order valence-corrected chi connectivity index (χ1v) is 7.83. The number of amides is 1. The molecule has 6 heteroatoms. The minimum atomic E-state index is -0.580. The maximum atomic E-state index is 12.4. The fourth-order valence-electron chi connectivity index (χ4n) is 2.47. The Morgan fingerprint density at radius 1 is 1.38 bits per heavy atom. The van der Waals surface area contributed by atoms with Crippen LogP contribution in [0.15, 0.2) is 18.2 Å². The number of hydrogen-bond donors (Lipinski definition) is 1. The predicted molar refractivity (Wildman–Crippen MR) is 85.2 cm³/mol. The molecule has 116 valence electrons. The molecule has 1 aromatic rings. The van der Waals surface area contributed by atoms with Crippen molar-refractivity contribution >= 4 is 29.1 Å². The summed E-state index contributed by atoms with van der Waals surface area (Å²) in [6.45, 7) is 3.63. The normalized spacial score (nSPS) is 17.3. The molecule has 0 radical (unpaired) electrons. The summed E-state index contributed by atoms with van der Waals surface area (Å²) in [7, 11) is 1.83. The summed E-state index contributed by atoms with van der Waals surface area (Å²) in [5, 5.41) is 4.24. The van der Waals surface area contributed by atoms with Crippen molar-refractivity contribution in [1.29, 1.82) is 0 Å². The Labute approximate surface area is 135 Å². The zero-order valence-corrected chi connectivity index (χ0v) is 13.7. The van der Waals surface area contributed by atoms with Gasteiger partial charge in [0.15, 0.2) is 6.10 Å². The highest BCUT2D eigenvalue weighted by molar-refractivity contribution is 6.35. The van der Waals surface area contributed by atoms with E-state index in [0.29, 0.717) is 15.8 Å². The molecule has 0 saturated carbocycles. The predicted octanol–water partition coefficient (Wildman–Crippen LogP) is 2.97. The molecule has 1 aromatic carbocycles. The summed E-state index contributed by atoms with van der Waals surface area (Å²) >= 11 is 11.9. The third-order valence-corrected chi connectivity index (χ3v) is 4.28. The lowest BCUT2D eigenvalue weighted by Gasteiger charge is -2.33. The summed E-state index contributed by atoms with van der Waals surface area (Å²) in [5.74, 6) is 0.438. The van der Waals surface area contributed by atoms with Crippen LogP contribution in [0.25, 0.3) is 0 Å². The van der Waals surface area contributed by atoms with Gasteiger partial charge in [0.25, 0.3) is 5.91 Å². The van der Waals surface area contributed by atoms with Crippen LogP contribution in [0.5, 0.6) is 5.75 Å². The lowest BCUT2D eigenvalue weighted by Crippen LogP contribution is -2.48. The Morgan fingerprint density at radius 3 is 2.67 bits per heavy atom. The number of piperidine rings is 1. The molecule has 21 heavy (non-hydrogen) atoms. The van der Waals surface area contributed by atoms with Crippen molar-refractivity contribution in [3.63, 3.8) is 0 Å². The number of carbonyl (C=O) groups is 1. The number of nitrogens with one attached hydrogen (secondary N) is 1. The van der Waals surface area contributed by atoms with Crippen molar-refractivity contribution < 1.29 is 9.53 Å². The molecule has 0 spiro atoms. The van der Waals surface area contributed by atoms with Gasteiger partial charge < -0.3 is 15.0 Å². The lowest BCUT2D eigenvalue weighted by molar-refractivity contribution is -0.139. The second-order valence-electron chi connectivity index (χ2n) is 5.27. The van der Waals surface area contributed by atoms with Gasteiger partial charge in [-0.15, -0.1) is 0 Å². The average molecular weight is 331 g/mol.